The number of fused-ring (bicyclic) bond motifs is 2. The highest BCUT2D eigenvalue weighted by atomic mass is 15.3. The molecule has 0 amide bonds. The lowest BCUT2D eigenvalue weighted by atomic mass is 10.0. The van der Waals surface area contributed by atoms with Crippen LogP contribution in [0.15, 0.2) is 55.2 Å². The summed E-state index contributed by atoms with van der Waals surface area (Å²) in [5.74, 6) is 0.790. The van der Waals surface area contributed by atoms with Crippen molar-refractivity contribution in [2.45, 2.75) is 50.9 Å². The van der Waals surface area contributed by atoms with Gasteiger partial charge in [0.2, 0.25) is 0 Å². The molecule has 40 heavy (non-hydrogen) atoms. The van der Waals surface area contributed by atoms with Gasteiger partial charge in [-0.25, -0.2) is 9.97 Å². The number of piperidine rings is 1. The second kappa shape index (κ2) is 10.4. The number of aromatic nitrogens is 6. The van der Waals surface area contributed by atoms with E-state index in [1.165, 1.54) is 42.3 Å². The first-order valence-corrected chi connectivity index (χ1v) is 14.3. The van der Waals surface area contributed by atoms with Gasteiger partial charge < -0.3 is 20.9 Å². The third-order valence-corrected chi connectivity index (χ3v) is 8.06. The normalized spacial score (nSPS) is 16.2. The Bertz CT molecular complexity index is 1630. The number of nitrogens with zero attached hydrogens (tertiary/aromatic N) is 7. The summed E-state index contributed by atoms with van der Waals surface area (Å²) in [6.07, 6.45) is 12.6. The topological polar surface area (TPSA) is 101 Å². The van der Waals surface area contributed by atoms with E-state index in [4.69, 9.17) is 10.2 Å². The lowest BCUT2D eigenvalue weighted by Crippen LogP contribution is -2.43. The smallest absolute Gasteiger partial charge is 0.129 e. The molecule has 7 rings (SSSR count). The molecule has 2 aliphatic rings. The molecule has 0 bridgehead atoms. The SMILES string of the molecule is Cn1cc2cc(NCc3ccc(N4CCC(NC5CC5)CC4)c4cn(C)nc34)cc(CNc3ccncn3)c2n1. The summed E-state index contributed by atoms with van der Waals surface area (Å²) < 4.78 is 3.81. The van der Waals surface area contributed by atoms with Gasteiger partial charge >= 0.3 is 0 Å². The van der Waals surface area contributed by atoms with E-state index in [1.54, 1.807) is 12.5 Å². The van der Waals surface area contributed by atoms with Gasteiger partial charge in [-0.1, -0.05) is 6.07 Å². The van der Waals surface area contributed by atoms with Gasteiger partial charge in [-0.3, -0.25) is 9.36 Å². The summed E-state index contributed by atoms with van der Waals surface area (Å²) in [6, 6.07) is 12.2. The van der Waals surface area contributed by atoms with Crippen LogP contribution in [0.5, 0.6) is 0 Å². The second-order valence-electron chi connectivity index (χ2n) is 11.2. The fourth-order valence-corrected chi connectivity index (χ4v) is 5.89. The lowest BCUT2D eigenvalue weighted by Gasteiger charge is -2.34. The first-order valence-electron chi connectivity index (χ1n) is 14.3. The molecule has 1 saturated heterocycles. The van der Waals surface area contributed by atoms with Crippen molar-refractivity contribution in [3.8, 4) is 0 Å². The average Bonchev–Trinajstić information content (AvgIpc) is 3.56. The van der Waals surface area contributed by atoms with E-state index in [9.17, 15) is 0 Å². The van der Waals surface area contributed by atoms with Crippen molar-refractivity contribution in [1.82, 2.24) is 34.8 Å². The number of rotatable bonds is 9. The molecule has 3 N–H and O–H groups in total. The van der Waals surface area contributed by atoms with Gasteiger partial charge in [-0.05, 0) is 55.5 Å². The summed E-state index contributed by atoms with van der Waals surface area (Å²) >= 11 is 0. The Labute approximate surface area is 233 Å². The molecule has 10 heteroatoms. The molecule has 5 aromatic rings. The maximum absolute atomic E-state index is 4.88. The molecule has 4 heterocycles. The van der Waals surface area contributed by atoms with Crippen LogP contribution >= 0.6 is 0 Å². The molecule has 0 atom stereocenters. The van der Waals surface area contributed by atoms with E-state index < -0.39 is 0 Å². The number of hydrogen-bond acceptors (Lipinski definition) is 8. The molecule has 3 aromatic heterocycles. The molecule has 0 spiro atoms. The minimum Gasteiger partial charge on any atom is -0.381 e. The van der Waals surface area contributed by atoms with Crippen LogP contribution in [0.4, 0.5) is 17.2 Å². The van der Waals surface area contributed by atoms with Gasteiger partial charge in [0.05, 0.1) is 11.0 Å². The highest BCUT2D eigenvalue weighted by molar-refractivity contribution is 5.94. The van der Waals surface area contributed by atoms with Crippen LogP contribution in [0.3, 0.4) is 0 Å². The fourth-order valence-electron chi connectivity index (χ4n) is 5.89. The maximum atomic E-state index is 4.88. The number of aryl methyl sites for hydroxylation is 2. The molecule has 2 fully saturated rings. The Kier molecular flexibility index (Phi) is 6.47. The van der Waals surface area contributed by atoms with Crippen molar-refractivity contribution < 1.29 is 0 Å². The Morgan fingerprint density at radius 3 is 2.40 bits per heavy atom. The first-order chi connectivity index (χ1) is 19.6. The zero-order valence-electron chi connectivity index (χ0n) is 23.1. The van der Waals surface area contributed by atoms with Gasteiger partial charge in [0.1, 0.15) is 12.1 Å². The van der Waals surface area contributed by atoms with Gasteiger partial charge in [0.25, 0.3) is 0 Å². The van der Waals surface area contributed by atoms with Crippen molar-refractivity contribution in [3.63, 3.8) is 0 Å². The van der Waals surface area contributed by atoms with Crippen LogP contribution < -0.4 is 20.9 Å². The minimum absolute atomic E-state index is 0.617. The van der Waals surface area contributed by atoms with Crippen molar-refractivity contribution in [2.24, 2.45) is 14.1 Å². The summed E-state index contributed by atoms with van der Waals surface area (Å²) in [6.45, 7) is 3.48. The van der Waals surface area contributed by atoms with Crippen LogP contribution in [-0.2, 0) is 27.2 Å². The Hall–Kier alpha value is -4.18. The summed E-state index contributed by atoms with van der Waals surface area (Å²) in [7, 11) is 3.97. The van der Waals surface area contributed by atoms with Gasteiger partial charge in [-0.2, -0.15) is 10.2 Å². The van der Waals surface area contributed by atoms with Crippen LogP contribution in [0.1, 0.15) is 36.8 Å². The molecular weight excluding hydrogens is 500 g/mol. The molecule has 206 valence electrons. The maximum Gasteiger partial charge on any atom is 0.129 e. The zero-order valence-corrected chi connectivity index (χ0v) is 23.1. The van der Waals surface area contributed by atoms with Crippen LogP contribution in [0, 0.1) is 0 Å². The monoisotopic (exact) mass is 536 g/mol. The molecule has 0 unspecified atom stereocenters. The zero-order chi connectivity index (χ0) is 27.1. The van der Waals surface area contributed by atoms with Crippen LogP contribution in [0.25, 0.3) is 21.8 Å². The van der Waals surface area contributed by atoms with Gasteiger partial charge in [-0.15, -0.1) is 0 Å². The Morgan fingerprint density at radius 2 is 1.60 bits per heavy atom. The van der Waals surface area contributed by atoms with E-state index in [2.05, 4.69) is 67.5 Å². The van der Waals surface area contributed by atoms with Crippen molar-refractivity contribution in [1.29, 1.82) is 0 Å². The molecule has 0 radical (unpaired) electrons. The largest absolute Gasteiger partial charge is 0.381 e. The molecule has 1 aliphatic heterocycles. The lowest BCUT2D eigenvalue weighted by molar-refractivity contribution is 0.413. The summed E-state index contributed by atoms with van der Waals surface area (Å²) in [4.78, 5) is 10.8. The van der Waals surface area contributed by atoms with Crippen molar-refractivity contribution in [2.75, 3.05) is 28.6 Å². The van der Waals surface area contributed by atoms with Gasteiger partial charge in [0.15, 0.2) is 0 Å². The fraction of sp³-hybridized carbons (Fsp3) is 0.400. The molecule has 1 saturated carbocycles. The predicted molar refractivity (Wildman–Crippen MR) is 160 cm³/mol. The summed E-state index contributed by atoms with van der Waals surface area (Å²) in [5, 5.41) is 22.8. The van der Waals surface area contributed by atoms with Gasteiger partial charge in [0, 0.05) is 98.7 Å². The molecular formula is C30H36N10. The second-order valence-corrected chi connectivity index (χ2v) is 11.2. The van der Waals surface area contributed by atoms with E-state index in [0.717, 1.165) is 52.6 Å². The van der Waals surface area contributed by atoms with E-state index >= 15 is 0 Å². The number of benzene rings is 2. The van der Waals surface area contributed by atoms with E-state index in [1.807, 2.05) is 29.5 Å². The highest BCUT2D eigenvalue weighted by Crippen LogP contribution is 2.32. The van der Waals surface area contributed by atoms with E-state index in [-0.39, 0.29) is 0 Å². The van der Waals surface area contributed by atoms with Crippen LogP contribution in [-0.4, -0.2) is 54.7 Å². The quantitative estimate of drug-likeness (QED) is 0.258. The summed E-state index contributed by atoms with van der Waals surface area (Å²) in [5.41, 5.74) is 6.71. The van der Waals surface area contributed by atoms with Crippen LogP contribution in [0.2, 0.25) is 0 Å². The third kappa shape index (κ3) is 5.19. The minimum atomic E-state index is 0.617. The molecule has 10 nitrogen and oxygen atoms in total. The van der Waals surface area contributed by atoms with E-state index in [0.29, 0.717) is 19.1 Å². The van der Waals surface area contributed by atoms with Crippen molar-refractivity contribution >= 4 is 39.0 Å². The predicted octanol–water partition coefficient (Wildman–Crippen LogP) is 4.20. The number of hydrogen-bond donors (Lipinski definition) is 3. The molecule has 1 aliphatic carbocycles. The molecule has 2 aromatic carbocycles. The highest BCUT2D eigenvalue weighted by Gasteiger charge is 2.28. The Balaban J connectivity index is 1.10. The first kappa shape index (κ1) is 24.8. The van der Waals surface area contributed by atoms with Crippen molar-refractivity contribution in [3.05, 3.63) is 66.4 Å². The standard InChI is InChI=1S/C30H36N10/c1-38-17-22-14-25(13-21(29(22)36-38)16-33-28-7-10-31-19-34-28)32-15-20-3-6-27(26-18-39(2)37-30(20)26)40-11-8-24(9-12-40)35-23-4-5-23/h3,6-7,10,13-14,17-19,23-24,32,35H,4-5,8-9,11-12,15-16H2,1-2H3,(H,31,33,34). The Morgan fingerprint density at radius 1 is 0.825 bits per heavy atom. The number of nitrogens with one attached hydrogen (secondary N) is 3. The third-order valence-electron chi connectivity index (χ3n) is 8.06. The number of anilines is 3. The average molecular weight is 537 g/mol.